The van der Waals surface area contributed by atoms with Gasteiger partial charge in [0.05, 0.1) is 30.4 Å². The van der Waals surface area contributed by atoms with Gasteiger partial charge in [-0.1, -0.05) is 23.9 Å². The van der Waals surface area contributed by atoms with Crippen LogP contribution in [0.1, 0.15) is 41.2 Å². The molecule has 4 aromatic heterocycles. The summed E-state index contributed by atoms with van der Waals surface area (Å²) in [5, 5.41) is 15.9. The molecule has 0 spiro atoms. The summed E-state index contributed by atoms with van der Waals surface area (Å²) < 4.78 is 15.3. The van der Waals surface area contributed by atoms with Gasteiger partial charge in [-0.3, -0.25) is 0 Å². The van der Waals surface area contributed by atoms with Gasteiger partial charge in [0.2, 0.25) is 5.95 Å². The van der Waals surface area contributed by atoms with E-state index in [4.69, 9.17) is 24.7 Å². The Morgan fingerprint density at radius 2 is 1.97 bits per heavy atom. The van der Waals surface area contributed by atoms with Gasteiger partial charge in [0.1, 0.15) is 10.6 Å². The molecule has 35 heavy (non-hydrogen) atoms. The number of fused-ring (bicyclic) bond motifs is 5. The van der Waals surface area contributed by atoms with Crippen LogP contribution in [0.25, 0.3) is 21.8 Å². The molecule has 0 bridgehead atoms. The van der Waals surface area contributed by atoms with Gasteiger partial charge < -0.3 is 9.47 Å². The first-order valence-corrected chi connectivity index (χ1v) is 13.3. The highest BCUT2D eigenvalue weighted by molar-refractivity contribution is 7.98. The number of nitrogens with zero attached hydrogens (tertiary/aromatic N) is 6. The monoisotopic (exact) mass is 506 g/mol. The molecule has 0 amide bonds. The van der Waals surface area contributed by atoms with E-state index in [1.54, 1.807) is 30.2 Å². The first-order valence-electron chi connectivity index (χ1n) is 11.5. The van der Waals surface area contributed by atoms with Crippen molar-refractivity contribution >= 4 is 39.0 Å². The lowest BCUT2D eigenvalue weighted by Crippen LogP contribution is -2.31. The lowest BCUT2D eigenvalue weighted by Gasteiger charge is -2.30. The molecule has 5 heterocycles. The molecule has 1 aromatic carbocycles. The Kier molecular flexibility index (Phi) is 5.35. The lowest BCUT2D eigenvalue weighted by molar-refractivity contribution is -0.0379. The molecule has 0 N–H and O–H groups in total. The van der Waals surface area contributed by atoms with Crippen LogP contribution >= 0.6 is 23.1 Å². The van der Waals surface area contributed by atoms with Crippen LogP contribution in [0.5, 0.6) is 5.75 Å². The van der Waals surface area contributed by atoms with Gasteiger partial charge in [-0.2, -0.15) is 5.10 Å². The quantitative estimate of drug-likeness (QED) is 0.300. The molecule has 8 nitrogen and oxygen atoms in total. The zero-order valence-electron chi connectivity index (χ0n) is 20.3. The first kappa shape index (κ1) is 22.5. The molecule has 1 aliphatic rings. The second kappa shape index (κ2) is 8.32. The third-order valence-electron chi connectivity index (χ3n) is 6.25. The number of aryl methyl sites for hydroxylation is 2. The van der Waals surface area contributed by atoms with Crippen molar-refractivity contribution in [1.82, 2.24) is 29.4 Å². The molecule has 180 valence electrons. The number of thiophene rings is 1. The van der Waals surface area contributed by atoms with Crippen molar-refractivity contribution in [3.8, 4) is 11.7 Å². The number of thioether (sulfide) groups is 1. The molecule has 0 saturated carbocycles. The third kappa shape index (κ3) is 3.89. The number of methoxy groups -OCH3 is 1. The molecule has 0 atom stereocenters. The zero-order valence-corrected chi connectivity index (χ0v) is 22.0. The van der Waals surface area contributed by atoms with Crippen molar-refractivity contribution in [3.63, 3.8) is 0 Å². The normalized spacial score (nSPS) is 15.1. The average molecular weight is 507 g/mol. The largest absolute Gasteiger partial charge is 0.497 e. The Morgan fingerprint density at radius 1 is 1.17 bits per heavy atom. The van der Waals surface area contributed by atoms with E-state index in [-0.39, 0.29) is 5.60 Å². The summed E-state index contributed by atoms with van der Waals surface area (Å²) in [7, 11) is 1.68. The van der Waals surface area contributed by atoms with Crippen molar-refractivity contribution in [2.24, 2.45) is 0 Å². The van der Waals surface area contributed by atoms with E-state index in [1.807, 2.05) is 30.7 Å². The topological polar surface area (TPSA) is 79.4 Å². The highest BCUT2D eigenvalue weighted by atomic mass is 32.2. The van der Waals surface area contributed by atoms with E-state index in [9.17, 15) is 0 Å². The van der Waals surface area contributed by atoms with Crippen LogP contribution in [-0.2, 0) is 23.5 Å². The predicted molar refractivity (Wildman–Crippen MR) is 138 cm³/mol. The van der Waals surface area contributed by atoms with Crippen LogP contribution in [0.3, 0.4) is 0 Å². The minimum atomic E-state index is -0.224. The Morgan fingerprint density at radius 3 is 2.69 bits per heavy atom. The highest BCUT2D eigenvalue weighted by Crippen LogP contribution is 2.41. The molecule has 0 saturated heterocycles. The summed E-state index contributed by atoms with van der Waals surface area (Å²) in [4.78, 5) is 7.29. The number of rotatable bonds is 5. The summed E-state index contributed by atoms with van der Waals surface area (Å²) >= 11 is 3.32. The van der Waals surface area contributed by atoms with Gasteiger partial charge in [-0.05, 0) is 57.0 Å². The number of aromatic nitrogens is 6. The van der Waals surface area contributed by atoms with Crippen LogP contribution in [-0.4, -0.2) is 42.1 Å². The predicted octanol–water partition coefficient (Wildman–Crippen LogP) is 5.29. The number of benzene rings is 1. The molecular formula is C25H26N6O2S2. The Hall–Kier alpha value is -2.95. The smallest absolute Gasteiger partial charge is 0.240 e. The molecule has 0 unspecified atom stereocenters. The average Bonchev–Trinajstić information content (AvgIpc) is 3.51. The van der Waals surface area contributed by atoms with Gasteiger partial charge in [-0.25, -0.2) is 14.1 Å². The van der Waals surface area contributed by atoms with Crippen LogP contribution in [0.2, 0.25) is 0 Å². The highest BCUT2D eigenvalue weighted by Gasteiger charge is 2.32. The van der Waals surface area contributed by atoms with Crippen molar-refractivity contribution in [2.75, 3.05) is 7.11 Å². The van der Waals surface area contributed by atoms with E-state index in [2.05, 4.69) is 41.5 Å². The van der Waals surface area contributed by atoms with E-state index in [1.165, 1.54) is 16.0 Å². The van der Waals surface area contributed by atoms with Crippen molar-refractivity contribution < 1.29 is 9.47 Å². The summed E-state index contributed by atoms with van der Waals surface area (Å²) in [5.74, 6) is 2.31. The Bertz CT molecular complexity index is 1560. The molecule has 5 aromatic rings. The summed E-state index contributed by atoms with van der Waals surface area (Å²) in [6.45, 7) is 8.90. The standard InChI is InChI=1S/C25H26N6O2S2/c1-14-10-15(2)31(29-14)23-26-22-20(18-11-25(3,4)33-12-19(18)35-22)21-27-28-24(30(21)23)34-13-16-6-8-17(32-5)9-7-16/h6-10H,11-13H2,1-5H3. The maximum absolute atomic E-state index is 6.09. The third-order valence-corrected chi connectivity index (χ3v) is 8.35. The van der Waals surface area contributed by atoms with Gasteiger partial charge in [0.15, 0.2) is 10.8 Å². The minimum Gasteiger partial charge on any atom is -0.497 e. The molecule has 0 fully saturated rings. The fourth-order valence-corrected chi connectivity index (χ4v) is 6.51. The maximum atomic E-state index is 6.09. The van der Waals surface area contributed by atoms with Gasteiger partial charge in [0.25, 0.3) is 0 Å². The molecular weight excluding hydrogens is 480 g/mol. The molecule has 10 heteroatoms. The first-order chi connectivity index (χ1) is 16.8. The van der Waals surface area contributed by atoms with Crippen LogP contribution in [0.4, 0.5) is 0 Å². The summed E-state index contributed by atoms with van der Waals surface area (Å²) in [5.41, 5.74) is 5.02. The van der Waals surface area contributed by atoms with E-state index in [0.29, 0.717) is 12.6 Å². The SMILES string of the molecule is COc1ccc(CSc2nnc3c4c5c(sc4nc(-n4nc(C)cc4C)n23)COC(C)(C)C5)cc1. The fourth-order valence-electron chi connectivity index (χ4n) is 4.54. The number of hydrogen-bond donors (Lipinski definition) is 0. The maximum Gasteiger partial charge on any atom is 0.240 e. The number of ether oxygens (including phenoxy) is 2. The lowest BCUT2D eigenvalue weighted by atomic mass is 9.94. The molecule has 0 radical (unpaired) electrons. The van der Waals surface area contributed by atoms with Crippen molar-refractivity contribution in [2.45, 2.75) is 57.2 Å². The Balaban J connectivity index is 1.52. The second-order valence-corrected chi connectivity index (χ2v) is 11.5. The molecule has 6 rings (SSSR count). The van der Waals surface area contributed by atoms with E-state index < -0.39 is 0 Å². The number of hydrogen-bond acceptors (Lipinski definition) is 8. The second-order valence-electron chi connectivity index (χ2n) is 9.44. The van der Waals surface area contributed by atoms with Crippen LogP contribution in [0.15, 0.2) is 35.5 Å². The Labute approximate surface area is 211 Å². The van der Waals surface area contributed by atoms with Crippen LogP contribution in [0, 0.1) is 13.8 Å². The van der Waals surface area contributed by atoms with Gasteiger partial charge in [-0.15, -0.1) is 21.5 Å². The fraction of sp³-hybridized carbons (Fsp3) is 0.360. The molecule has 0 aliphatic carbocycles. The van der Waals surface area contributed by atoms with E-state index >= 15 is 0 Å². The van der Waals surface area contributed by atoms with Gasteiger partial charge >= 0.3 is 0 Å². The molecule has 1 aliphatic heterocycles. The van der Waals surface area contributed by atoms with E-state index in [0.717, 1.165) is 50.3 Å². The van der Waals surface area contributed by atoms with Gasteiger partial charge in [0, 0.05) is 22.7 Å². The van der Waals surface area contributed by atoms with Crippen molar-refractivity contribution in [3.05, 3.63) is 57.7 Å². The minimum absolute atomic E-state index is 0.224. The zero-order chi connectivity index (χ0) is 24.3. The van der Waals surface area contributed by atoms with Crippen LogP contribution < -0.4 is 4.74 Å². The summed E-state index contributed by atoms with van der Waals surface area (Å²) in [6, 6.07) is 10.2. The summed E-state index contributed by atoms with van der Waals surface area (Å²) in [6.07, 6.45) is 0.820. The van der Waals surface area contributed by atoms with Crippen molar-refractivity contribution in [1.29, 1.82) is 0 Å².